The highest BCUT2D eigenvalue weighted by molar-refractivity contribution is 7.80. The van der Waals surface area contributed by atoms with Gasteiger partial charge >= 0.3 is 0 Å². The number of hydrogen-bond donors (Lipinski definition) is 1. The number of thiocarbonyl (C=S) groups is 1. The van der Waals surface area contributed by atoms with Crippen molar-refractivity contribution in [1.82, 2.24) is 14.5 Å². The van der Waals surface area contributed by atoms with Crippen molar-refractivity contribution in [2.24, 2.45) is 0 Å². The third-order valence-electron chi connectivity index (χ3n) is 4.77. The monoisotopic (exact) mass is 396 g/mol. The van der Waals surface area contributed by atoms with E-state index in [1.165, 1.54) is 17.2 Å². The molecular weight excluding hydrogens is 371 g/mol. The molecule has 1 N–H and O–H groups in total. The van der Waals surface area contributed by atoms with Gasteiger partial charge in [0.25, 0.3) is 0 Å². The minimum atomic E-state index is -0.212. The SMILES string of the molecule is Cc1ccc(NC(=S)N(CCCn2ccnc2)Cc2ccccc2F)cc1C. The molecule has 0 atom stereocenters. The molecule has 0 aliphatic heterocycles. The zero-order valence-electron chi connectivity index (χ0n) is 16.2. The van der Waals surface area contributed by atoms with Crippen LogP contribution in [-0.2, 0) is 13.1 Å². The summed E-state index contributed by atoms with van der Waals surface area (Å²) in [6, 6.07) is 13.0. The summed E-state index contributed by atoms with van der Waals surface area (Å²) in [5.41, 5.74) is 4.02. The number of rotatable bonds is 7. The Balaban J connectivity index is 1.70. The third-order valence-corrected chi connectivity index (χ3v) is 5.13. The normalized spacial score (nSPS) is 10.7. The van der Waals surface area contributed by atoms with E-state index in [1.54, 1.807) is 24.7 Å². The van der Waals surface area contributed by atoms with Crippen molar-refractivity contribution in [2.45, 2.75) is 33.4 Å². The quantitative estimate of drug-likeness (QED) is 0.574. The van der Waals surface area contributed by atoms with Gasteiger partial charge in [-0.3, -0.25) is 0 Å². The highest BCUT2D eigenvalue weighted by Crippen LogP contribution is 2.17. The van der Waals surface area contributed by atoms with E-state index in [2.05, 4.69) is 36.3 Å². The maximum Gasteiger partial charge on any atom is 0.173 e. The summed E-state index contributed by atoms with van der Waals surface area (Å²) >= 11 is 5.66. The van der Waals surface area contributed by atoms with Crippen LogP contribution >= 0.6 is 12.2 Å². The predicted octanol–water partition coefficient (Wildman–Crippen LogP) is 4.93. The van der Waals surface area contributed by atoms with Crippen molar-refractivity contribution in [3.8, 4) is 0 Å². The van der Waals surface area contributed by atoms with Crippen LogP contribution in [0.3, 0.4) is 0 Å². The van der Waals surface area contributed by atoms with Crippen LogP contribution in [0.25, 0.3) is 0 Å². The zero-order valence-corrected chi connectivity index (χ0v) is 17.0. The van der Waals surface area contributed by atoms with E-state index >= 15 is 0 Å². The molecule has 3 rings (SSSR count). The Labute approximate surface area is 171 Å². The molecule has 0 saturated heterocycles. The molecule has 3 aromatic rings. The van der Waals surface area contributed by atoms with Gasteiger partial charge in [0.2, 0.25) is 0 Å². The summed E-state index contributed by atoms with van der Waals surface area (Å²) in [6.45, 7) is 6.13. The molecular formula is C22H25FN4S. The lowest BCUT2D eigenvalue weighted by Gasteiger charge is -2.26. The fourth-order valence-electron chi connectivity index (χ4n) is 2.97. The Kier molecular flexibility index (Phi) is 6.76. The van der Waals surface area contributed by atoms with Crippen molar-refractivity contribution in [2.75, 3.05) is 11.9 Å². The molecule has 28 heavy (non-hydrogen) atoms. The molecule has 0 aliphatic rings. The molecule has 1 heterocycles. The van der Waals surface area contributed by atoms with E-state index in [0.29, 0.717) is 23.8 Å². The highest BCUT2D eigenvalue weighted by Gasteiger charge is 2.13. The van der Waals surface area contributed by atoms with Gasteiger partial charge in [-0.25, -0.2) is 9.37 Å². The topological polar surface area (TPSA) is 33.1 Å². The molecule has 2 aromatic carbocycles. The minimum absolute atomic E-state index is 0.212. The van der Waals surface area contributed by atoms with Crippen LogP contribution in [0.1, 0.15) is 23.1 Å². The van der Waals surface area contributed by atoms with E-state index in [4.69, 9.17) is 12.2 Å². The van der Waals surface area contributed by atoms with Gasteiger partial charge in [0, 0.05) is 43.3 Å². The first kappa shape index (κ1) is 20.0. The van der Waals surface area contributed by atoms with Gasteiger partial charge in [0.15, 0.2) is 5.11 Å². The summed E-state index contributed by atoms with van der Waals surface area (Å²) in [6.07, 6.45) is 6.38. The van der Waals surface area contributed by atoms with Gasteiger partial charge in [-0.05, 0) is 61.8 Å². The molecule has 0 fully saturated rings. The van der Waals surface area contributed by atoms with E-state index in [9.17, 15) is 4.39 Å². The number of nitrogens with one attached hydrogen (secondary N) is 1. The highest BCUT2D eigenvalue weighted by atomic mass is 32.1. The van der Waals surface area contributed by atoms with Crippen LogP contribution in [0.2, 0.25) is 0 Å². The summed E-state index contributed by atoms with van der Waals surface area (Å²) in [5, 5.41) is 3.90. The van der Waals surface area contributed by atoms with Gasteiger partial charge in [0.1, 0.15) is 5.82 Å². The second-order valence-electron chi connectivity index (χ2n) is 6.90. The number of halogens is 1. The van der Waals surface area contributed by atoms with Crippen LogP contribution < -0.4 is 5.32 Å². The first-order valence-electron chi connectivity index (χ1n) is 9.35. The number of benzene rings is 2. The molecule has 0 amide bonds. The smallest absolute Gasteiger partial charge is 0.173 e. The van der Waals surface area contributed by atoms with E-state index in [1.807, 2.05) is 27.8 Å². The Bertz CT molecular complexity index is 924. The number of hydrogen-bond acceptors (Lipinski definition) is 2. The summed E-state index contributed by atoms with van der Waals surface area (Å²) in [5.74, 6) is -0.212. The lowest BCUT2D eigenvalue weighted by atomic mass is 10.1. The molecule has 146 valence electrons. The molecule has 0 radical (unpaired) electrons. The number of nitrogens with zero attached hydrogens (tertiary/aromatic N) is 3. The van der Waals surface area contributed by atoms with Crippen LogP contribution in [0.5, 0.6) is 0 Å². The molecule has 0 spiro atoms. The van der Waals surface area contributed by atoms with Crippen LogP contribution in [0, 0.1) is 19.7 Å². The lowest BCUT2D eigenvalue weighted by Crippen LogP contribution is -2.35. The first-order valence-corrected chi connectivity index (χ1v) is 9.76. The standard InChI is InChI=1S/C22H25FN4S/c1-17-8-9-20(14-18(17)2)25-22(28)27(12-5-11-26-13-10-24-16-26)15-19-6-3-4-7-21(19)23/h3-4,6-10,13-14,16H,5,11-12,15H2,1-2H3,(H,25,28). The number of anilines is 1. The van der Waals surface area contributed by atoms with Crippen molar-refractivity contribution in [3.63, 3.8) is 0 Å². The Hall–Kier alpha value is -2.73. The molecule has 6 heteroatoms. The second kappa shape index (κ2) is 9.46. The van der Waals surface area contributed by atoms with E-state index < -0.39 is 0 Å². The van der Waals surface area contributed by atoms with Gasteiger partial charge in [-0.1, -0.05) is 24.3 Å². The van der Waals surface area contributed by atoms with Gasteiger partial charge < -0.3 is 14.8 Å². The fourth-order valence-corrected chi connectivity index (χ4v) is 3.24. The van der Waals surface area contributed by atoms with Crippen molar-refractivity contribution in [1.29, 1.82) is 0 Å². The predicted molar refractivity (Wildman–Crippen MR) is 116 cm³/mol. The number of aryl methyl sites for hydroxylation is 3. The minimum Gasteiger partial charge on any atom is -0.345 e. The van der Waals surface area contributed by atoms with Gasteiger partial charge in [-0.2, -0.15) is 0 Å². The molecule has 1 aromatic heterocycles. The summed E-state index contributed by atoms with van der Waals surface area (Å²) in [7, 11) is 0. The Morgan fingerprint density at radius 3 is 2.71 bits per heavy atom. The lowest BCUT2D eigenvalue weighted by molar-refractivity contribution is 0.388. The van der Waals surface area contributed by atoms with E-state index in [-0.39, 0.29) is 5.82 Å². The Morgan fingerprint density at radius 2 is 2.00 bits per heavy atom. The van der Waals surface area contributed by atoms with Crippen LogP contribution in [0.15, 0.2) is 61.2 Å². The molecule has 0 unspecified atom stereocenters. The van der Waals surface area contributed by atoms with E-state index in [0.717, 1.165) is 18.7 Å². The van der Waals surface area contributed by atoms with Gasteiger partial charge in [-0.15, -0.1) is 0 Å². The maximum atomic E-state index is 14.2. The molecule has 4 nitrogen and oxygen atoms in total. The van der Waals surface area contributed by atoms with Gasteiger partial charge in [0.05, 0.1) is 6.33 Å². The van der Waals surface area contributed by atoms with Crippen LogP contribution in [-0.4, -0.2) is 26.1 Å². The second-order valence-corrected chi connectivity index (χ2v) is 7.28. The van der Waals surface area contributed by atoms with Crippen molar-refractivity contribution in [3.05, 3.63) is 83.7 Å². The largest absolute Gasteiger partial charge is 0.345 e. The molecule has 0 aliphatic carbocycles. The summed E-state index contributed by atoms with van der Waals surface area (Å²) in [4.78, 5) is 6.08. The number of imidazole rings is 1. The van der Waals surface area contributed by atoms with Crippen LogP contribution in [0.4, 0.5) is 10.1 Å². The zero-order chi connectivity index (χ0) is 19.9. The Morgan fingerprint density at radius 1 is 1.18 bits per heavy atom. The fraction of sp³-hybridized carbons (Fsp3) is 0.273. The average Bonchev–Trinajstić information content (AvgIpc) is 3.19. The average molecular weight is 397 g/mol. The van der Waals surface area contributed by atoms with Crippen molar-refractivity contribution >= 4 is 23.0 Å². The molecule has 0 bridgehead atoms. The first-order chi connectivity index (χ1) is 13.5. The third kappa shape index (κ3) is 5.39. The van der Waals surface area contributed by atoms with Crippen molar-refractivity contribution < 1.29 is 4.39 Å². The number of aromatic nitrogens is 2. The maximum absolute atomic E-state index is 14.2. The molecule has 0 saturated carbocycles. The summed E-state index contributed by atoms with van der Waals surface area (Å²) < 4.78 is 16.2.